The van der Waals surface area contributed by atoms with Gasteiger partial charge in [-0.05, 0) is 39.2 Å². The van der Waals surface area contributed by atoms with Crippen molar-refractivity contribution in [3.8, 4) is 0 Å². The van der Waals surface area contributed by atoms with Crippen molar-refractivity contribution in [2.75, 3.05) is 6.54 Å². The van der Waals surface area contributed by atoms with Gasteiger partial charge in [-0.2, -0.15) is 0 Å². The largest absolute Gasteiger partial charge is 0.311 e. The van der Waals surface area contributed by atoms with Gasteiger partial charge in [0.25, 0.3) is 0 Å². The summed E-state index contributed by atoms with van der Waals surface area (Å²) in [6.07, 6.45) is 1.81. The van der Waals surface area contributed by atoms with Crippen LogP contribution in [-0.2, 0) is 6.54 Å². The van der Waals surface area contributed by atoms with Gasteiger partial charge in [0.15, 0.2) is 0 Å². The minimum absolute atomic E-state index is 0.183. The standard InChI is InChI=1S/C10H20N4S/c1-8(5-12-10(2,3)4)11-6-9-7-13-14-15-9/h7-8,11-12H,5-6H2,1-4H3. The molecule has 0 radical (unpaired) electrons. The maximum atomic E-state index is 3.82. The molecule has 4 nitrogen and oxygen atoms in total. The molecule has 0 aliphatic heterocycles. The monoisotopic (exact) mass is 228 g/mol. The fraction of sp³-hybridized carbons (Fsp3) is 0.800. The van der Waals surface area contributed by atoms with E-state index in [1.165, 1.54) is 16.4 Å². The van der Waals surface area contributed by atoms with Gasteiger partial charge in [-0.15, -0.1) is 5.10 Å². The van der Waals surface area contributed by atoms with Crippen LogP contribution in [0.4, 0.5) is 0 Å². The molecule has 1 rings (SSSR count). The van der Waals surface area contributed by atoms with E-state index in [0.717, 1.165) is 13.1 Å². The van der Waals surface area contributed by atoms with Gasteiger partial charge in [0.2, 0.25) is 0 Å². The zero-order valence-electron chi connectivity index (χ0n) is 9.87. The van der Waals surface area contributed by atoms with Crippen LogP contribution in [0.1, 0.15) is 32.6 Å². The number of nitrogens with one attached hydrogen (secondary N) is 2. The molecule has 5 heteroatoms. The molecular weight excluding hydrogens is 208 g/mol. The Hall–Kier alpha value is -0.520. The van der Waals surface area contributed by atoms with Gasteiger partial charge in [-0.25, -0.2) is 0 Å². The van der Waals surface area contributed by atoms with E-state index >= 15 is 0 Å². The first-order valence-electron chi connectivity index (χ1n) is 5.22. The predicted octanol–water partition coefficient (Wildman–Crippen LogP) is 1.40. The molecule has 0 saturated carbocycles. The fourth-order valence-corrected chi connectivity index (χ4v) is 1.51. The topological polar surface area (TPSA) is 49.8 Å². The SMILES string of the molecule is CC(CNC(C)(C)C)NCc1cnns1. The fourth-order valence-electron chi connectivity index (χ4n) is 1.07. The molecule has 0 aliphatic carbocycles. The van der Waals surface area contributed by atoms with Gasteiger partial charge < -0.3 is 10.6 Å². The van der Waals surface area contributed by atoms with Crippen LogP contribution in [0.3, 0.4) is 0 Å². The Kier molecular flexibility index (Phi) is 4.63. The first-order chi connectivity index (χ1) is 6.97. The molecule has 0 spiro atoms. The summed E-state index contributed by atoms with van der Waals surface area (Å²) in [6.45, 7) is 10.5. The number of hydrogen-bond acceptors (Lipinski definition) is 5. The molecule has 1 aromatic rings. The van der Waals surface area contributed by atoms with Crippen molar-refractivity contribution in [2.45, 2.75) is 45.8 Å². The van der Waals surface area contributed by atoms with Gasteiger partial charge in [0.05, 0.1) is 11.1 Å². The lowest BCUT2D eigenvalue weighted by Crippen LogP contribution is -2.44. The van der Waals surface area contributed by atoms with Gasteiger partial charge in [0.1, 0.15) is 0 Å². The van der Waals surface area contributed by atoms with Crippen molar-refractivity contribution in [1.29, 1.82) is 0 Å². The molecular formula is C10H20N4S. The van der Waals surface area contributed by atoms with E-state index in [4.69, 9.17) is 0 Å². The zero-order valence-corrected chi connectivity index (χ0v) is 10.7. The van der Waals surface area contributed by atoms with Crippen LogP contribution in [0.2, 0.25) is 0 Å². The van der Waals surface area contributed by atoms with Crippen molar-refractivity contribution in [2.24, 2.45) is 0 Å². The number of nitrogens with zero attached hydrogens (tertiary/aromatic N) is 2. The first kappa shape index (κ1) is 12.5. The molecule has 0 aliphatic rings. The van der Waals surface area contributed by atoms with Crippen LogP contribution in [-0.4, -0.2) is 27.7 Å². The van der Waals surface area contributed by atoms with Gasteiger partial charge in [-0.1, -0.05) is 4.49 Å². The Morgan fingerprint density at radius 1 is 1.47 bits per heavy atom. The van der Waals surface area contributed by atoms with Crippen molar-refractivity contribution in [1.82, 2.24) is 20.2 Å². The number of aromatic nitrogens is 2. The zero-order chi connectivity index (χ0) is 11.3. The Morgan fingerprint density at radius 3 is 2.73 bits per heavy atom. The van der Waals surface area contributed by atoms with Crippen LogP contribution in [0.25, 0.3) is 0 Å². The third kappa shape index (κ3) is 5.81. The molecule has 0 fully saturated rings. The lowest BCUT2D eigenvalue weighted by molar-refractivity contribution is 0.388. The highest BCUT2D eigenvalue weighted by atomic mass is 32.1. The van der Waals surface area contributed by atoms with Crippen LogP contribution >= 0.6 is 11.5 Å². The molecule has 0 aromatic carbocycles. The lowest BCUT2D eigenvalue weighted by atomic mass is 10.1. The minimum Gasteiger partial charge on any atom is -0.311 e. The van der Waals surface area contributed by atoms with E-state index < -0.39 is 0 Å². The normalized spacial score (nSPS) is 14.1. The van der Waals surface area contributed by atoms with Crippen LogP contribution in [0, 0.1) is 0 Å². The summed E-state index contributed by atoms with van der Waals surface area (Å²) in [5.41, 5.74) is 0.183. The smallest absolute Gasteiger partial charge is 0.0666 e. The average molecular weight is 228 g/mol. The highest BCUT2D eigenvalue weighted by molar-refractivity contribution is 7.05. The summed E-state index contributed by atoms with van der Waals surface area (Å²) in [5.74, 6) is 0. The second-order valence-electron chi connectivity index (χ2n) is 4.80. The molecule has 86 valence electrons. The number of hydrogen-bond donors (Lipinski definition) is 2. The van der Waals surface area contributed by atoms with E-state index in [-0.39, 0.29) is 5.54 Å². The summed E-state index contributed by atoms with van der Waals surface area (Å²) in [5, 5.41) is 10.7. The molecule has 0 saturated heterocycles. The van der Waals surface area contributed by atoms with E-state index in [1.54, 1.807) is 0 Å². The molecule has 1 aromatic heterocycles. The summed E-state index contributed by atoms with van der Waals surface area (Å²) >= 11 is 1.44. The molecule has 1 unspecified atom stereocenters. The molecule has 0 bridgehead atoms. The van der Waals surface area contributed by atoms with Crippen molar-refractivity contribution in [3.63, 3.8) is 0 Å². The second kappa shape index (κ2) is 5.53. The molecule has 2 N–H and O–H groups in total. The summed E-state index contributed by atoms with van der Waals surface area (Å²) in [6, 6.07) is 0.450. The predicted molar refractivity (Wildman–Crippen MR) is 64.0 cm³/mol. The van der Waals surface area contributed by atoms with Crippen LogP contribution in [0.5, 0.6) is 0 Å². The summed E-state index contributed by atoms with van der Waals surface area (Å²) < 4.78 is 3.82. The number of rotatable bonds is 5. The summed E-state index contributed by atoms with van der Waals surface area (Å²) in [7, 11) is 0. The lowest BCUT2D eigenvalue weighted by Gasteiger charge is -2.23. The van der Waals surface area contributed by atoms with E-state index in [0.29, 0.717) is 6.04 Å². The maximum absolute atomic E-state index is 3.82. The average Bonchev–Trinajstić information content (AvgIpc) is 2.62. The van der Waals surface area contributed by atoms with Crippen molar-refractivity contribution in [3.05, 3.63) is 11.1 Å². The van der Waals surface area contributed by atoms with Gasteiger partial charge >= 0.3 is 0 Å². The van der Waals surface area contributed by atoms with Crippen LogP contribution in [0.15, 0.2) is 6.20 Å². The molecule has 1 atom stereocenters. The molecule has 15 heavy (non-hydrogen) atoms. The van der Waals surface area contributed by atoms with Gasteiger partial charge in [0, 0.05) is 24.7 Å². The van der Waals surface area contributed by atoms with E-state index in [9.17, 15) is 0 Å². The third-order valence-electron chi connectivity index (χ3n) is 1.97. The van der Waals surface area contributed by atoms with E-state index in [1.807, 2.05) is 6.20 Å². The Bertz CT molecular complexity index is 265. The van der Waals surface area contributed by atoms with Crippen molar-refractivity contribution < 1.29 is 0 Å². The molecule has 1 heterocycles. The van der Waals surface area contributed by atoms with Crippen molar-refractivity contribution >= 4 is 11.5 Å². The highest BCUT2D eigenvalue weighted by Crippen LogP contribution is 2.02. The quantitative estimate of drug-likeness (QED) is 0.800. The Morgan fingerprint density at radius 2 is 2.20 bits per heavy atom. The highest BCUT2D eigenvalue weighted by Gasteiger charge is 2.10. The first-order valence-corrected chi connectivity index (χ1v) is 5.99. The molecule has 0 amide bonds. The summed E-state index contributed by atoms with van der Waals surface area (Å²) in [4.78, 5) is 1.18. The van der Waals surface area contributed by atoms with E-state index in [2.05, 4.69) is 47.9 Å². The third-order valence-corrected chi connectivity index (χ3v) is 2.63. The maximum Gasteiger partial charge on any atom is 0.0666 e. The minimum atomic E-state index is 0.183. The second-order valence-corrected chi connectivity index (χ2v) is 5.67. The Labute approximate surface area is 95.6 Å². The Balaban J connectivity index is 2.16. The van der Waals surface area contributed by atoms with Crippen LogP contribution < -0.4 is 10.6 Å². The van der Waals surface area contributed by atoms with Gasteiger partial charge in [-0.3, -0.25) is 0 Å².